The zero-order chi connectivity index (χ0) is 25.4. The standard InChI is InChI=1S/C28H29Cl3N2O2/c1-3-19(2)32-28(35)26(16-20-9-5-4-6-10-20)33(18-22-11-7-8-12-23(22)29)27(34)17-21-13-14-24(30)25(31)15-21/h4-15,19,26H,3,16-18H2,1-2H3,(H,32,35)/t19-,26+/m1/s1. The van der Waals surface area contributed by atoms with Crippen molar-refractivity contribution in [2.75, 3.05) is 0 Å². The SMILES string of the molecule is CC[C@@H](C)NC(=O)[C@H](Cc1ccccc1)N(Cc1ccccc1Cl)C(=O)Cc1ccc(Cl)c(Cl)c1. The summed E-state index contributed by atoms with van der Waals surface area (Å²) in [6.45, 7) is 4.16. The number of nitrogens with one attached hydrogen (secondary N) is 1. The van der Waals surface area contributed by atoms with E-state index in [0.717, 1.165) is 17.5 Å². The molecule has 2 atom stereocenters. The molecule has 0 aliphatic heterocycles. The van der Waals surface area contributed by atoms with Crippen molar-refractivity contribution in [2.24, 2.45) is 0 Å². The Morgan fingerprint density at radius 1 is 0.857 bits per heavy atom. The Labute approximate surface area is 222 Å². The van der Waals surface area contributed by atoms with Crippen LogP contribution >= 0.6 is 34.8 Å². The lowest BCUT2D eigenvalue weighted by Crippen LogP contribution is -2.52. The second kappa shape index (κ2) is 13.0. The van der Waals surface area contributed by atoms with Crippen molar-refractivity contribution >= 4 is 46.6 Å². The highest BCUT2D eigenvalue weighted by Gasteiger charge is 2.31. The average molecular weight is 532 g/mol. The zero-order valence-corrected chi connectivity index (χ0v) is 22.1. The first-order chi connectivity index (χ1) is 16.8. The number of hydrogen-bond acceptors (Lipinski definition) is 2. The first-order valence-electron chi connectivity index (χ1n) is 11.6. The van der Waals surface area contributed by atoms with E-state index in [-0.39, 0.29) is 30.8 Å². The van der Waals surface area contributed by atoms with Gasteiger partial charge in [0.05, 0.1) is 16.5 Å². The van der Waals surface area contributed by atoms with Gasteiger partial charge in [-0.25, -0.2) is 0 Å². The van der Waals surface area contributed by atoms with Gasteiger partial charge in [-0.1, -0.05) is 96.3 Å². The van der Waals surface area contributed by atoms with Crippen LogP contribution in [-0.2, 0) is 29.0 Å². The van der Waals surface area contributed by atoms with Crippen LogP contribution in [0.2, 0.25) is 15.1 Å². The van der Waals surface area contributed by atoms with Crippen molar-refractivity contribution in [3.05, 3.63) is 105 Å². The van der Waals surface area contributed by atoms with Gasteiger partial charge in [-0.2, -0.15) is 0 Å². The molecule has 3 rings (SSSR count). The molecule has 0 heterocycles. The molecule has 0 spiro atoms. The molecule has 0 bridgehead atoms. The Bertz CT molecular complexity index is 1150. The fourth-order valence-electron chi connectivity index (χ4n) is 3.73. The van der Waals surface area contributed by atoms with Gasteiger partial charge in [0.25, 0.3) is 0 Å². The van der Waals surface area contributed by atoms with E-state index in [1.165, 1.54) is 0 Å². The van der Waals surface area contributed by atoms with E-state index < -0.39 is 6.04 Å². The van der Waals surface area contributed by atoms with Crippen molar-refractivity contribution in [3.63, 3.8) is 0 Å². The average Bonchev–Trinajstić information content (AvgIpc) is 2.85. The van der Waals surface area contributed by atoms with E-state index in [1.54, 1.807) is 29.2 Å². The Morgan fingerprint density at radius 3 is 2.20 bits per heavy atom. The lowest BCUT2D eigenvalue weighted by Gasteiger charge is -2.32. The number of benzene rings is 3. The minimum atomic E-state index is -0.724. The maximum absolute atomic E-state index is 13.7. The van der Waals surface area contributed by atoms with Crippen LogP contribution in [0.1, 0.15) is 37.0 Å². The van der Waals surface area contributed by atoms with Gasteiger partial charge in [0.15, 0.2) is 0 Å². The molecule has 184 valence electrons. The van der Waals surface area contributed by atoms with Crippen molar-refractivity contribution in [1.82, 2.24) is 10.2 Å². The Morgan fingerprint density at radius 2 is 1.54 bits per heavy atom. The normalized spacial score (nSPS) is 12.6. The van der Waals surface area contributed by atoms with Crippen LogP contribution < -0.4 is 5.32 Å². The third-order valence-electron chi connectivity index (χ3n) is 5.91. The molecule has 7 heteroatoms. The number of halogens is 3. The minimum Gasteiger partial charge on any atom is -0.352 e. The molecular weight excluding hydrogens is 503 g/mol. The Balaban J connectivity index is 1.99. The molecule has 0 aromatic heterocycles. The first-order valence-corrected chi connectivity index (χ1v) is 12.7. The van der Waals surface area contributed by atoms with Gasteiger partial charge in [-0.05, 0) is 48.2 Å². The largest absolute Gasteiger partial charge is 0.352 e. The van der Waals surface area contributed by atoms with E-state index in [4.69, 9.17) is 34.8 Å². The van der Waals surface area contributed by atoms with Gasteiger partial charge >= 0.3 is 0 Å². The van der Waals surface area contributed by atoms with Gasteiger partial charge in [0.1, 0.15) is 6.04 Å². The van der Waals surface area contributed by atoms with Crippen LogP contribution in [0.5, 0.6) is 0 Å². The summed E-state index contributed by atoms with van der Waals surface area (Å²) in [5.74, 6) is -0.402. The first kappa shape index (κ1) is 27.1. The van der Waals surface area contributed by atoms with Gasteiger partial charge in [-0.3, -0.25) is 9.59 Å². The molecule has 0 radical (unpaired) electrons. The lowest BCUT2D eigenvalue weighted by molar-refractivity contribution is -0.141. The molecule has 4 nitrogen and oxygen atoms in total. The smallest absolute Gasteiger partial charge is 0.243 e. The Kier molecular flexibility index (Phi) is 10.0. The highest BCUT2D eigenvalue weighted by molar-refractivity contribution is 6.42. The highest BCUT2D eigenvalue weighted by Crippen LogP contribution is 2.25. The minimum absolute atomic E-state index is 0.0203. The van der Waals surface area contributed by atoms with Crippen LogP contribution in [0.4, 0.5) is 0 Å². The predicted octanol–water partition coefficient (Wildman–Crippen LogP) is 6.74. The molecule has 3 aromatic rings. The van der Waals surface area contributed by atoms with Crippen LogP contribution in [-0.4, -0.2) is 28.8 Å². The molecular formula is C28H29Cl3N2O2. The van der Waals surface area contributed by atoms with Gasteiger partial charge < -0.3 is 10.2 Å². The summed E-state index contributed by atoms with van der Waals surface area (Å²) in [7, 11) is 0. The summed E-state index contributed by atoms with van der Waals surface area (Å²) < 4.78 is 0. The summed E-state index contributed by atoms with van der Waals surface area (Å²) in [6, 6.07) is 21.4. The predicted molar refractivity (Wildman–Crippen MR) is 144 cm³/mol. The van der Waals surface area contributed by atoms with E-state index >= 15 is 0 Å². The number of hydrogen-bond donors (Lipinski definition) is 1. The van der Waals surface area contributed by atoms with Crippen LogP contribution in [0, 0.1) is 0 Å². The summed E-state index contributed by atoms with van der Waals surface area (Å²) >= 11 is 18.7. The second-order valence-electron chi connectivity index (χ2n) is 8.56. The van der Waals surface area contributed by atoms with Gasteiger partial charge in [0.2, 0.25) is 11.8 Å². The Hall–Kier alpha value is -2.53. The summed E-state index contributed by atoms with van der Waals surface area (Å²) in [5.41, 5.74) is 2.45. The third-order valence-corrected chi connectivity index (χ3v) is 7.02. The maximum Gasteiger partial charge on any atom is 0.243 e. The van der Waals surface area contributed by atoms with Crippen LogP contribution in [0.3, 0.4) is 0 Å². The molecule has 1 N–H and O–H groups in total. The van der Waals surface area contributed by atoms with E-state index in [9.17, 15) is 9.59 Å². The quantitative estimate of drug-likeness (QED) is 0.315. The number of amides is 2. The monoisotopic (exact) mass is 530 g/mol. The molecule has 0 saturated carbocycles. The number of carbonyl (C=O) groups excluding carboxylic acids is 2. The van der Waals surface area contributed by atoms with Crippen LogP contribution in [0.25, 0.3) is 0 Å². The van der Waals surface area contributed by atoms with Crippen LogP contribution in [0.15, 0.2) is 72.8 Å². The van der Waals surface area contributed by atoms with Crippen molar-refractivity contribution in [1.29, 1.82) is 0 Å². The lowest BCUT2D eigenvalue weighted by atomic mass is 10.0. The molecule has 35 heavy (non-hydrogen) atoms. The summed E-state index contributed by atoms with van der Waals surface area (Å²) in [6.07, 6.45) is 1.23. The van der Waals surface area contributed by atoms with E-state index in [0.29, 0.717) is 27.1 Å². The van der Waals surface area contributed by atoms with Crippen molar-refractivity contribution in [3.8, 4) is 0 Å². The number of carbonyl (C=O) groups is 2. The molecule has 0 unspecified atom stereocenters. The molecule has 0 fully saturated rings. The fraction of sp³-hybridized carbons (Fsp3) is 0.286. The van der Waals surface area contributed by atoms with E-state index in [1.807, 2.05) is 62.4 Å². The second-order valence-corrected chi connectivity index (χ2v) is 9.78. The van der Waals surface area contributed by atoms with Gasteiger partial charge in [-0.15, -0.1) is 0 Å². The van der Waals surface area contributed by atoms with Gasteiger partial charge in [0, 0.05) is 24.0 Å². The molecule has 0 saturated heterocycles. The molecule has 0 aliphatic rings. The van der Waals surface area contributed by atoms with Crippen molar-refractivity contribution in [2.45, 2.75) is 51.7 Å². The number of nitrogens with zero attached hydrogens (tertiary/aromatic N) is 1. The zero-order valence-electron chi connectivity index (χ0n) is 19.8. The van der Waals surface area contributed by atoms with Crippen molar-refractivity contribution < 1.29 is 9.59 Å². The summed E-state index contributed by atoms with van der Waals surface area (Å²) in [4.78, 5) is 28.9. The number of rotatable bonds is 10. The highest BCUT2D eigenvalue weighted by atomic mass is 35.5. The molecule has 3 aromatic carbocycles. The maximum atomic E-state index is 13.7. The summed E-state index contributed by atoms with van der Waals surface area (Å²) in [5, 5.41) is 4.41. The molecule has 2 amide bonds. The van der Waals surface area contributed by atoms with E-state index in [2.05, 4.69) is 5.32 Å². The molecule has 0 aliphatic carbocycles. The third kappa shape index (κ3) is 7.73. The topological polar surface area (TPSA) is 49.4 Å². The fourth-order valence-corrected chi connectivity index (χ4v) is 4.25.